The molecule has 1 fully saturated rings. The number of hydrogen-bond acceptors (Lipinski definition) is 4. The molecule has 1 aliphatic heterocycles. The molecule has 0 spiro atoms. The minimum Gasteiger partial charge on any atom is -0.374 e. The molecule has 0 bridgehead atoms. The summed E-state index contributed by atoms with van der Waals surface area (Å²) in [6, 6.07) is 2.12. The van der Waals surface area contributed by atoms with Gasteiger partial charge in [-0.3, -0.25) is 4.68 Å². The third kappa shape index (κ3) is 3.06. The first-order valence-electron chi connectivity index (χ1n) is 6.11. The molecule has 2 rings (SSSR count). The summed E-state index contributed by atoms with van der Waals surface area (Å²) in [5.41, 5.74) is 8.44. The SMILES string of the molecule is Cc1cc(CC(N)C2CN(C)CCO2)n(C)n1. The van der Waals surface area contributed by atoms with E-state index in [2.05, 4.69) is 23.1 Å². The number of nitrogens with two attached hydrogens (primary N) is 1. The van der Waals surface area contributed by atoms with E-state index >= 15 is 0 Å². The van der Waals surface area contributed by atoms with Gasteiger partial charge in [0.15, 0.2) is 0 Å². The zero-order valence-corrected chi connectivity index (χ0v) is 10.9. The Hall–Kier alpha value is -0.910. The van der Waals surface area contributed by atoms with Crippen LogP contribution in [0.5, 0.6) is 0 Å². The fourth-order valence-electron chi connectivity index (χ4n) is 2.30. The number of hydrogen-bond donors (Lipinski definition) is 1. The number of rotatable bonds is 3. The summed E-state index contributed by atoms with van der Waals surface area (Å²) in [5, 5.41) is 4.33. The van der Waals surface area contributed by atoms with E-state index in [1.54, 1.807) is 0 Å². The van der Waals surface area contributed by atoms with E-state index in [-0.39, 0.29) is 12.1 Å². The highest BCUT2D eigenvalue weighted by Crippen LogP contribution is 2.11. The largest absolute Gasteiger partial charge is 0.374 e. The first-order chi connectivity index (χ1) is 8.06. The highest BCUT2D eigenvalue weighted by Gasteiger charge is 2.24. The van der Waals surface area contributed by atoms with E-state index in [4.69, 9.17) is 10.5 Å². The molecule has 0 aliphatic carbocycles. The molecule has 0 radical (unpaired) electrons. The molecule has 2 N–H and O–H groups in total. The molecule has 17 heavy (non-hydrogen) atoms. The Bertz CT molecular complexity index is 377. The van der Waals surface area contributed by atoms with E-state index in [1.807, 2.05) is 18.7 Å². The summed E-state index contributed by atoms with van der Waals surface area (Å²) in [5.74, 6) is 0. The van der Waals surface area contributed by atoms with E-state index in [9.17, 15) is 0 Å². The molecular formula is C12H22N4O. The molecule has 2 heterocycles. The van der Waals surface area contributed by atoms with Crippen LogP contribution >= 0.6 is 0 Å². The van der Waals surface area contributed by atoms with Crippen LogP contribution in [0.2, 0.25) is 0 Å². The molecule has 1 saturated heterocycles. The summed E-state index contributed by atoms with van der Waals surface area (Å²) in [7, 11) is 4.07. The van der Waals surface area contributed by atoms with Crippen molar-refractivity contribution in [3.05, 3.63) is 17.5 Å². The van der Waals surface area contributed by atoms with Crippen LogP contribution in [-0.4, -0.2) is 53.6 Å². The smallest absolute Gasteiger partial charge is 0.0856 e. The van der Waals surface area contributed by atoms with Crippen molar-refractivity contribution >= 4 is 0 Å². The number of ether oxygens (including phenoxy) is 1. The van der Waals surface area contributed by atoms with Gasteiger partial charge in [0, 0.05) is 38.3 Å². The van der Waals surface area contributed by atoms with Crippen molar-refractivity contribution in [2.24, 2.45) is 12.8 Å². The lowest BCUT2D eigenvalue weighted by Gasteiger charge is -2.33. The number of aromatic nitrogens is 2. The van der Waals surface area contributed by atoms with Crippen molar-refractivity contribution < 1.29 is 4.74 Å². The van der Waals surface area contributed by atoms with Gasteiger partial charge in [0.25, 0.3) is 0 Å². The number of aryl methyl sites for hydroxylation is 2. The summed E-state index contributed by atoms with van der Waals surface area (Å²) >= 11 is 0. The highest BCUT2D eigenvalue weighted by atomic mass is 16.5. The van der Waals surface area contributed by atoms with Gasteiger partial charge in [0.2, 0.25) is 0 Å². The van der Waals surface area contributed by atoms with Gasteiger partial charge in [-0.15, -0.1) is 0 Å². The maximum Gasteiger partial charge on any atom is 0.0856 e. The summed E-state index contributed by atoms with van der Waals surface area (Å²) in [6.45, 7) is 4.69. The minimum absolute atomic E-state index is 0.0348. The molecule has 2 atom stereocenters. The van der Waals surface area contributed by atoms with Gasteiger partial charge in [-0.25, -0.2) is 0 Å². The standard InChI is InChI=1S/C12H22N4O/c1-9-6-10(16(3)14-9)7-11(13)12-8-15(2)4-5-17-12/h6,11-12H,4-5,7-8,13H2,1-3H3. The van der Waals surface area contributed by atoms with Gasteiger partial charge in [-0.05, 0) is 20.0 Å². The van der Waals surface area contributed by atoms with E-state index in [0.29, 0.717) is 0 Å². The van der Waals surface area contributed by atoms with Crippen LogP contribution in [0, 0.1) is 6.92 Å². The Morgan fingerprint density at radius 1 is 1.59 bits per heavy atom. The molecule has 1 aliphatic rings. The lowest BCUT2D eigenvalue weighted by atomic mass is 10.0. The second-order valence-corrected chi connectivity index (χ2v) is 4.94. The Balaban J connectivity index is 1.96. The van der Waals surface area contributed by atoms with Crippen LogP contribution in [0.25, 0.3) is 0 Å². The van der Waals surface area contributed by atoms with E-state index in [1.165, 1.54) is 5.69 Å². The highest BCUT2D eigenvalue weighted by molar-refractivity contribution is 5.10. The zero-order valence-electron chi connectivity index (χ0n) is 10.9. The number of likely N-dealkylation sites (N-methyl/N-ethyl adjacent to an activating group) is 1. The zero-order chi connectivity index (χ0) is 12.4. The quantitative estimate of drug-likeness (QED) is 0.801. The van der Waals surface area contributed by atoms with Crippen LogP contribution in [0.3, 0.4) is 0 Å². The Morgan fingerprint density at radius 3 is 2.94 bits per heavy atom. The number of nitrogens with zero attached hydrogens (tertiary/aromatic N) is 3. The van der Waals surface area contributed by atoms with Gasteiger partial charge in [0.1, 0.15) is 0 Å². The molecule has 1 aromatic rings. The van der Waals surface area contributed by atoms with Crippen LogP contribution in [0.1, 0.15) is 11.4 Å². The molecule has 2 unspecified atom stereocenters. The lowest BCUT2D eigenvalue weighted by Crippen LogP contribution is -2.50. The lowest BCUT2D eigenvalue weighted by molar-refractivity contribution is -0.0321. The summed E-state index contributed by atoms with van der Waals surface area (Å²) in [4.78, 5) is 2.27. The van der Waals surface area contributed by atoms with Crippen molar-refractivity contribution in [3.8, 4) is 0 Å². The maximum absolute atomic E-state index is 6.23. The monoisotopic (exact) mass is 238 g/mol. The minimum atomic E-state index is 0.0348. The Kier molecular flexibility index (Phi) is 3.81. The van der Waals surface area contributed by atoms with E-state index < -0.39 is 0 Å². The van der Waals surface area contributed by atoms with Gasteiger partial charge >= 0.3 is 0 Å². The summed E-state index contributed by atoms with van der Waals surface area (Å²) < 4.78 is 7.64. The Morgan fingerprint density at radius 2 is 2.35 bits per heavy atom. The molecule has 0 saturated carbocycles. The van der Waals surface area contributed by atoms with Crippen LogP contribution < -0.4 is 5.73 Å². The second-order valence-electron chi connectivity index (χ2n) is 4.94. The molecule has 0 aromatic carbocycles. The van der Waals surface area contributed by atoms with Crippen molar-refractivity contribution in [2.75, 3.05) is 26.7 Å². The van der Waals surface area contributed by atoms with Gasteiger partial charge in [0.05, 0.1) is 18.4 Å². The van der Waals surface area contributed by atoms with Crippen molar-refractivity contribution in [2.45, 2.75) is 25.5 Å². The van der Waals surface area contributed by atoms with Crippen LogP contribution in [0.4, 0.5) is 0 Å². The molecule has 5 nitrogen and oxygen atoms in total. The molecule has 96 valence electrons. The third-order valence-electron chi connectivity index (χ3n) is 3.32. The van der Waals surface area contributed by atoms with Gasteiger partial charge in [-0.2, -0.15) is 5.10 Å². The van der Waals surface area contributed by atoms with Crippen LogP contribution in [-0.2, 0) is 18.2 Å². The van der Waals surface area contributed by atoms with Gasteiger partial charge in [-0.1, -0.05) is 0 Å². The van der Waals surface area contributed by atoms with Crippen molar-refractivity contribution in [3.63, 3.8) is 0 Å². The second kappa shape index (κ2) is 5.16. The van der Waals surface area contributed by atoms with Crippen molar-refractivity contribution in [1.29, 1.82) is 0 Å². The average Bonchev–Trinajstić information content (AvgIpc) is 2.57. The molecular weight excluding hydrogens is 216 g/mol. The predicted octanol–water partition coefficient (Wildman–Crippen LogP) is -0.0711. The fourth-order valence-corrected chi connectivity index (χ4v) is 2.30. The normalized spacial score (nSPS) is 23.9. The van der Waals surface area contributed by atoms with Crippen molar-refractivity contribution in [1.82, 2.24) is 14.7 Å². The molecule has 0 amide bonds. The van der Waals surface area contributed by atoms with Crippen LogP contribution in [0.15, 0.2) is 6.07 Å². The number of morpholine rings is 1. The topological polar surface area (TPSA) is 56.3 Å². The molecule has 1 aromatic heterocycles. The maximum atomic E-state index is 6.23. The summed E-state index contributed by atoms with van der Waals surface area (Å²) in [6.07, 6.45) is 0.944. The third-order valence-corrected chi connectivity index (χ3v) is 3.32. The first-order valence-corrected chi connectivity index (χ1v) is 6.11. The first kappa shape index (κ1) is 12.5. The fraction of sp³-hybridized carbons (Fsp3) is 0.750. The Labute approximate surface area is 103 Å². The molecule has 5 heteroatoms. The average molecular weight is 238 g/mol. The predicted molar refractivity (Wildman–Crippen MR) is 66.9 cm³/mol. The van der Waals surface area contributed by atoms with E-state index in [0.717, 1.165) is 31.8 Å². The van der Waals surface area contributed by atoms with Gasteiger partial charge < -0.3 is 15.4 Å².